The summed E-state index contributed by atoms with van der Waals surface area (Å²) < 4.78 is 7.66. The predicted molar refractivity (Wildman–Crippen MR) is 146 cm³/mol. The first-order valence-electron chi connectivity index (χ1n) is 13.3. The highest BCUT2D eigenvalue weighted by molar-refractivity contribution is 7.98. The Morgan fingerprint density at radius 2 is 1.79 bits per heavy atom. The molecule has 0 saturated carbocycles. The number of carbonyl (C=O) groups excluding carboxylic acids is 2. The second-order valence-corrected chi connectivity index (χ2v) is 10.9. The van der Waals surface area contributed by atoms with Crippen LogP contribution in [0.3, 0.4) is 0 Å². The molecule has 3 heterocycles. The summed E-state index contributed by atoms with van der Waals surface area (Å²) in [6.45, 7) is 1.66. The third-order valence-electron chi connectivity index (χ3n) is 7.33. The third-order valence-corrected chi connectivity index (χ3v) is 8.24. The number of nitrogens with one attached hydrogen (secondary N) is 1. The Hall–Kier alpha value is -3.59. The zero-order valence-electron chi connectivity index (χ0n) is 21.3. The monoisotopic (exact) mass is 529 g/mol. The van der Waals surface area contributed by atoms with Crippen molar-refractivity contribution in [1.29, 1.82) is 0 Å². The minimum absolute atomic E-state index is 0.0301. The standard InChI is InChI=1S/C29H31N5O3S/c35-24-11-7-10-23-26(24)27(34-28(30-23)31-29(32-34)38-19-20-8-3-1-4-9-20)21-12-14-22(15-13-21)37-18-25(36)33-16-5-2-6-17-33/h1,3-4,8-9,12-15,27H,2,5-7,10-11,16-19H2,(H,30,31,32). The highest BCUT2D eigenvalue weighted by atomic mass is 32.2. The number of rotatable bonds is 7. The maximum absolute atomic E-state index is 13.1. The molecule has 38 heavy (non-hydrogen) atoms. The number of anilines is 1. The minimum Gasteiger partial charge on any atom is -0.484 e. The Bertz CT molecular complexity index is 1350. The summed E-state index contributed by atoms with van der Waals surface area (Å²) >= 11 is 1.58. The van der Waals surface area contributed by atoms with Gasteiger partial charge in [0.2, 0.25) is 11.1 Å². The average Bonchev–Trinajstić information content (AvgIpc) is 3.38. The van der Waals surface area contributed by atoms with Crippen LogP contribution in [0, 0.1) is 0 Å². The average molecular weight is 530 g/mol. The molecule has 1 saturated heterocycles. The zero-order chi connectivity index (χ0) is 25.9. The van der Waals surface area contributed by atoms with Crippen molar-refractivity contribution < 1.29 is 14.3 Å². The highest BCUT2D eigenvalue weighted by Crippen LogP contribution is 2.41. The summed E-state index contributed by atoms with van der Waals surface area (Å²) in [6.07, 6.45) is 5.49. The van der Waals surface area contributed by atoms with Crippen LogP contribution in [-0.2, 0) is 15.3 Å². The van der Waals surface area contributed by atoms with Crippen molar-refractivity contribution in [2.75, 3.05) is 25.0 Å². The molecule has 1 atom stereocenters. The zero-order valence-corrected chi connectivity index (χ0v) is 22.1. The lowest BCUT2D eigenvalue weighted by molar-refractivity contribution is -0.134. The van der Waals surface area contributed by atoms with Crippen LogP contribution in [-0.4, -0.2) is 51.1 Å². The Labute approximate surface area is 226 Å². The smallest absolute Gasteiger partial charge is 0.260 e. The number of ether oxygens (including phenoxy) is 1. The number of hydrogen-bond acceptors (Lipinski definition) is 7. The van der Waals surface area contributed by atoms with Crippen LogP contribution in [0.4, 0.5) is 5.95 Å². The molecular weight excluding hydrogens is 498 g/mol. The number of carbonyl (C=O) groups is 2. The molecule has 0 spiro atoms. The lowest BCUT2D eigenvalue weighted by Gasteiger charge is -2.32. The lowest BCUT2D eigenvalue weighted by Crippen LogP contribution is -2.38. The number of amides is 1. The summed E-state index contributed by atoms with van der Waals surface area (Å²) in [5, 5.41) is 8.88. The molecule has 8 nitrogen and oxygen atoms in total. The van der Waals surface area contributed by atoms with Gasteiger partial charge in [-0.15, -0.1) is 5.10 Å². The van der Waals surface area contributed by atoms with E-state index in [1.807, 2.05) is 52.0 Å². The second-order valence-electron chi connectivity index (χ2n) is 9.93. The molecule has 1 amide bonds. The highest BCUT2D eigenvalue weighted by Gasteiger charge is 2.36. The van der Waals surface area contributed by atoms with Gasteiger partial charge < -0.3 is 15.0 Å². The molecule has 0 radical (unpaired) electrons. The first-order chi connectivity index (χ1) is 18.7. The molecule has 2 aliphatic heterocycles. The molecule has 1 aliphatic carbocycles. The van der Waals surface area contributed by atoms with E-state index < -0.39 is 0 Å². The van der Waals surface area contributed by atoms with Crippen molar-refractivity contribution in [3.05, 3.63) is 77.0 Å². The van der Waals surface area contributed by atoms with Crippen LogP contribution >= 0.6 is 11.8 Å². The molecule has 0 bridgehead atoms. The molecule has 3 aromatic rings. The quantitative estimate of drug-likeness (QED) is 0.432. The first-order valence-corrected chi connectivity index (χ1v) is 14.3. The number of fused-ring (bicyclic) bond motifs is 1. The van der Waals surface area contributed by atoms with E-state index in [-0.39, 0.29) is 24.3 Å². The number of benzene rings is 2. The van der Waals surface area contributed by atoms with Gasteiger partial charge in [-0.25, -0.2) is 4.68 Å². The number of Topliss-reactive ketones (excluding diaryl/α,β-unsaturated/α-hetero) is 1. The van der Waals surface area contributed by atoms with Crippen molar-refractivity contribution >= 4 is 29.4 Å². The van der Waals surface area contributed by atoms with E-state index in [1.165, 1.54) is 12.0 Å². The SMILES string of the molecule is O=C1CCCC2=C1C(c1ccc(OCC(=O)N3CCCCC3)cc1)n1nc(SCc3ccccc3)nc1N2. The van der Waals surface area contributed by atoms with Gasteiger partial charge in [-0.2, -0.15) is 4.98 Å². The fourth-order valence-electron chi connectivity index (χ4n) is 5.35. The van der Waals surface area contributed by atoms with E-state index in [0.29, 0.717) is 23.3 Å². The maximum atomic E-state index is 13.1. The molecule has 1 N–H and O–H groups in total. The van der Waals surface area contributed by atoms with Gasteiger partial charge in [-0.05, 0) is 55.4 Å². The maximum Gasteiger partial charge on any atom is 0.260 e. The van der Waals surface area contributed by atoms with Crippen LogP contribution in [0.5, 0.6) is 5.75 Å². The van der Waals surface area contributed by atoms with Crippen LogP contribution in [0.15, 0.2) is 71.0 Å². The second kappa shape index (κ2) is 11.0. The fraction of sp³-hybridized carbons (Fsp3) is 0.379. The van der Waals surface area contributed by atoms with E-state index in [2.05, 4.69) is 17.4 Å². The number of hydrogen-bond donors (Lipinski definition) is 1. The predicted octanol–water partition coefficient (Wildman–Crippen LogP) is 4.98. The normalized spacial score (nSPS) is 19.0. The number of likely N-dealkylation sites (tertiary alicyclic amines) is 1. The van der Waals surface area contributed by atoms with Crippen molar-refractivity contribution in [1.82, 2.24) is 19.7 Å². The summed E-state index contributed by atoms with van der Waals surface area (Å²) in [5.41, 5.74) is 3.85. The Kier molecular flexibility index (Phi) is 7.18. The summed E-state index contributed by atoms with van der Waals surface area (Å²) in [5.74, 6) is 2.24. The van der Waals surface area contributed by atoms with Crippen LogP contribution in [0.25, 0.3) is 0 Å². The largest absolute Gasteiger partial charge is 0.484 e. The molecule has 196 valence electrons. The molecule has 1 fully saturated rings. The number of thioether (sulfide) groups is 1. The Morgan fingerprint density at radius 1 is 1.00 bits per heavy atom. The lowest BCUT2D eigenvalue weighted by atomic mass is 9.85. The van der Waals surface area contributed by atoms with Crippen LogP contribution < -0.4 is 10.1 Å². The van der Waals surface area contributed by atoms with E-state index in [9.17, 15) is 9.59 Å². The fourth-order valence-corrected chi connectivity index (χ4v) is 6.14. The molecule has 9 heteroatoms. The molecular formula is C29H31N5O3S. The van der Waals surface area contributed by atoms with Crippen LogP contribution in [0.2, 0.25) is 0 Å². The summed E-state index contributed by atoms with van der Waals surface area (Å²) in [7, 11) is 0. The topological polar surface area (TPSA) is 89.4 Å². The number of piperidine rings is 1. The Balaban J connectivity index is 1.22. The first kappa shape index (κ1) is 24.7. The third kappa shape index (κ3) is 5.20. The number of nitrogens with zero attached hydrogens (tertiary/aromatic N) is 4. The molecule has 6 rings (SSSR count). The molecule has 1 unspecified atom stereocenters. The van der Waals surface area contributed by atoms with Crippen LogP contribution in [0.1, 0.15) is 55.7 Å². The van der Waals surface area contributed by atoms with Gasteiger partial charge in [0.15, 0.2) is 12.4 Å². The number of ketones is 1. The van der Waals surface area contributed by atoms with Gasteiger partial charge in [0.05, 0.1) is 0 Å². The van der Waals surface area contributed by atoms with E-state index in [4.69, 9.17) is 14.8 Å². The van der Waals surface area contributed by atoms with Crippen molar-refractivity contribution in [3.63, 3.8) is 0 Å². The molecule has 1 aromatic heterocycles. The van der Waals surface area contributed by atoms with Gasteiger partial charge in [0, 0.05) is 36.5 Å². The van der Waals surface area contributed by atoms with E-state index in [1.54, 1.807) is 11.8 Å². The van der Waals surface area contributed by atoms with Gasteiger partial charge >= 0.3 is 0 Å². The molecule has 2 aromatic carbocycles. The van der Waals surface area contributed by atoms with Crippen molar-refractivity contribution in [2.45, 2.75) is 55.5 Å². The summed E-state index contributed by atoms with van der Waals surface area (Å²) in [4.78, 5) is 32.2. The van der Waals surface area contributed by atoms with E-state index >= 15 is 0 Å². The molecule has 3 aliphatic rings. The minimum atomic E-state index is -0.350. The van der Waals surface area contributed by atoms with Gasteiger partial charge in [-0.1, -0.05) is 54.2 Å². The number of aromatic nitrogens is 3. The van der Waals surface area contributed by atoms with Crippen molar-refractivity contribution in [2.24, 2.45) is 0 Å². The van der Waals surface area contributed by atoms with Crippen molar-refractivity contribution in [3.8, 4) is 5.75 Å². The van der Waals surface area contributed by atoms with E-state index in [0.717, 1.165) is 61.4 Å². The van der Waals surface area contributed by atoms with Gasteiger partial charge in [-0.3, -0.25) is 9.59 Å². The Morgan fingerprint density at radius 3 is 2.58 bits per heavy atom. The van der Waals surface area contributed by atoms with Gasteiger partial charge in [0.25, 0.3) is 5.91 Å². The number of allylic oxidation sites excluding steroid dienone is 2. The van der Waals surface area contributed by atoms with Gasteiger partial charge in [0.1, 0.15) is 11.8 Å². The summed E-state index contributed by atoms with van der Waals surface area (Å²) in [6, 6.07) is 17.6.